The fraction of sp³-hybridized carbons (Fsp3) is 0.240. The van der Waals surface area contributed by atoms with E-state index in [1.807, 2.05) is 6.07 Å². The van der Waals surface area contributed by atoms with Crippen molar-refractivity contribution in [1.29, 1.82) is 0 Å². The van der Waals surface area contributed by atoms with E-state index in [-0.39, 0.29) is 0 Å². The van der Waals surface area contributed by atoms with Crippen molar-refractivity contribution in [1.82, 2.24) is 9.88 Å². The van der Waals surface area contributed by atoms with E-state index >= 15 is 0 Å². The van der Waals surface area contributed by atoms with Crippen LogP contribution in [0.3, 0.4) is 0 Å². The highest BCUT2D eigenvalue weighted by molar-refractivity contribution is 5.63. The zero-order valence-corrected chi connectivity index (χ0v) is 16.3. The highest BCUT2D eigenvalue weighted by Gasteiger charge is 2.30. The van der Waals surface area contributed by atoms with Crippen LogP contribution in [0, 0.1) is 6.92 Å². The molecule has 2 heterocycles. The number of aryl methyl sites for hydroxylation is 1. The molecule has 1 aromatic heterocycles. The van der Waals surface area contributed by atoms with Crippen LogP contribution in [0.2, 0.25) is 0 Å². The maximum atomic E-state index is 4.83. The maximum Gasteiger partial charge on any atom is 0.0731 e. The standard InChI is InChI=1S/C25H26N2/c1-18-14-15-23(27(3)25(18)21-12-8-5-9-13-21)22-16-19(2)24(26-17-22)20-10-6-4-7-11-20/h4-14,16-17,23,25H,15H2,1-3H3. The summed E-state index contributed by atoms with van der Waals surface area (Å²) in [7, 11) is 2.24. The van der Waals surface area contributed by atoms with E-state index in [4.69, 9.17) is 4.98 Å². The van der Waals surface area contributed by atoms with Crippen LogP contribution in [-0.4, -0.2) is 16.9 Å². The average Bonchev–Trinajstić information content (AvgIpc) is 2.69. The van der Waals surface area contributed by atoms with Gasteiger partial charge in [0.15, 0.2) is 0 Å². The van der Waals surface area contributed by atoms with Crippen molar-refractivity contribution in [2.75, 3.05) is 7.05 Å². The molecule has 2 nitrogen and oxygen atoms in total. The lowest BCUT2D eigenvalue weighted by molar-refractivity contribution is 0.183. The molecule has 3 aromatic rings. The van der Waals surface area contributed by atoms with Gasteiger partial charge < -0.3 is 0 Å². The number of hydrogen-bond acceptors (Lipinski definition) is 2. The first-order chi connectivity index (χ1) is 13.1. The fourth-order valence-electron chi connectivity index (χ4n) is 4.26. The van der Waals surface area contributed by atoms with Crippen LogP contribution < -0.4 is 0 Å². The summed E-state index contributed by atoms with van der Waals surface area (Å²) in [5.74, 6) is 0. The van der Waals surface area contributed by atoms with Gasteiger partial charge in [0.05, 0.1) is 11.7 Å². The number of likely N-dealkylation sites (N-methyl/N-ethyl adjacent to an activating group) is 1. The first kappa shape index (κ1) is 17.7. The third kappa shape index (κ3) is 3.45. The Kier molecular flexibility index (Phi) is 4.91. The molecule has 27 heavy (non-hydrogen) atoms. The Morgan fingerprint density at radius 1 is 0.889 bits per heavy atom. The van der Waals surface area contributed by atoms with E-state index in [1.165, 1.54) is 27.8 Å². The second kappa shape index (κ2) is 7.50. The first-order valence-electron chi connectivity index (χ1n) is 9.60. The molecule has 4 rings (SSSR count). The molecule has 0 saturated heterocycles. The molecule has 136 valence electrons. The molecule has 2 aromatic carbocycles. The van der Waals surface area contributed by atoms with Gasteiger partial charge in [-0.3, -0.25) is 9.88 Å². The summed E-state index contributed by atoms with van der Waals surface area (Å²) in [6.07, 6.45) is 5.48. The highest BCUT2D eigenvalue weighted by atomic mass is 15.2. The summed E-state index contributed by atoms with van der Waals surface area (Å²) in [6.45, 7) is 4.41. The molecular formula is C25H26N2. The molecule has 2 unspecified atom stereocenters. The minimum Gasteiger partial charge on any atom is -0.288 e. The number of rotatable bonds is 3. The summed E-state index contributed by atoms with van der Waals surface area (Å²) < 4.78 is 0. The summed E-state index contributed by atoms with van der Waals surface area (Å²) in [5, 5.41) is 0. The van der Waals surface area contributed by atoms with Crippen molar-refractivity contribution in [3.63, 3.8) is 0 Å². The zero-order valence-electron chi connectivity index (χ0n) is 16.3. The Balaban J connectivity index is 1.67. The topological polar surface area (TPSA) is 16.1 Å². The normalized spacial score (nSPS) is 20.3. The van der Waals surface area contributed by atoms with Gasteiger partial charge in [0.1, 0.15) is 0 Å². The molecule has 0 saturated carbocycles. The third-order valence-electron chi connectivity index (χ3n) is 5.64. The van der Waals surface area contributed by atoms with Crippen LogP contribution in [0.4, 0.5) is 0 Å². The van der Waals surface area contributed by atoms with Crippen LogP contribution in [0.1, 0.15) is 42.1 Å². The van der Waals surface area contributed by atoms with Gasteiger partial charge >= 0.3 is 0 Å². The lowest BCUT2D eigenvalue weighted by Crippen LogP contribution is -2.33. The third-order valence-corrected chi connectivity index (χ3v) is 5.64. The number of benzene rings is 2. The molecule has 0 N–H and O–H groups in total. The Labute approximate surface area is 162 Å². The van der Waals surface area contributed by atoms with Gasteiger partial charge in [-0.2, -0.15) is 0 Å². The molecule has 0 amide bonds. The quantitative estimate of drug-likeness (QED) is 0.527. The van der Waals surface area contributed by atoms with Crippen LogP contribution in [-0.2, 0) is 0 Å². The fourth-order valence-corrected chi connectivity index (χ4v) is 4.26. The van der Waals surface area contributed by atoms with Gasteiger partial charge in [-0.05, 0) is 44.0 Å². The monoisotopic (exact) mass is 354 g/mol. The number of aromatic nitrogens is 1. The van der Waals surface area contributed by atoms with E-state index in [9.17, 15) is 0 Å². The number of nitrogens with zero attached hydrogens (tertiary/aromatic N) is 2. The lowest BCUT2D eigenvalue weighted by atomic mass is 9.88. The lowest BCUT2D eigenvalue weighted by Gasteiger charge is -2.39. The minimum absolute atomic E-state index is 0.319. The van der Waals surface area contributed by atoms with Crippen LogP contribution in [0.25, 0.3) is 11.3 Å². The van der Waals surface area contributed by atoms with Gasteiger partial charge in [-0.15, -0.1) is 0 Å². The molecular weight excluding hydrogens is 328 g/mol. The molecule has 1 aliphatic heterocycles. The molecule has 0 aliphatic carbocycles. The Morgan fingerprint density at radius 2 is 1.56 bits per heavy atom. The molecule has 0 bridgehead atoms. The highest BCUT2D eigenvalue weighted by Crippen LogP contribution is 2.40. The predicted molar refractivity (Wildman–Crippen MR) is 112 cm³/mol. The van der Waals surface area contributed by atoms with Crippen molar-refractivity contribution in [3.8, 4) is 11.3 Å². The Hall–Kier alpha value is -2.71. The van der Waals surface area contributed by atoms with Gasteiger partial charge in [0.25, 0.3) is 0 Å². The predicted octanol–water partition coefficient (Wildman–Crippen LogP) is 6.12. The minimum atomic E-state index is 0.319. The van der Waals surface area contributed by atoms with E-state index in [1.54, 1.807) is 0 Å². The van der Waals surface area contributed by atoms with Crippen molar-refractivity contribution < 1.29 is 0 Å². The van der Waals surface area contributed by atoms with Gasteiger partial charge in [0.2, 0.25) is 0 Å². The van der Waals surface area contributed by atoms with Crippen LogP contribution >= 0.6 is 0 Å². The second-order valence-electron chi connectivity index (χ2n) is 7.48. The molecule has 2 atom stereocenters. The molecule has 0 spiro atoms. The summed E-state index contributed by atoms with van der Waals surface area (Å²) in [4.78, 5) is 7.32. The van der Waals surface area contributed by atoms with Crippen LogP contribution in [0.5, 0.6) is 0 Å². The summed E-state index contributed by atoms with van der Waals surface area (Å²) in [5.41, 5.74) is 7.55. The second-order valence-corrected chi connectivity index (χ2v) is 7.48. The number of pyridine rings is 1. The van der Waals surface area contributed by atoms with E-state index in [0.29, 0.717) is 12.1 Å². The molecule has 2 heteroatoms. The Morgan fingerprint density at radius 3 is 2.22 bits per heavy atom. The smallest absolute Gasteiger partial charge is 0.0731 e. The largest absolute Gasteiger partial charge is 0.288 e. The van der Waals surface area contributed by atoms with E-state index in [2.05, 4.69) is 98.7 Å². The summed E-state index contributed by atoms with van der Waals surface area (Å²) in [6, 6.07) is 24.2. The Bertz CT molecular complexity index is 945. The number of hydrogen-bond donors (Lipinski definition) is 0. The van der Waals surface area contributed by atoms with Gasteiger partial charge in [-0.1, -0.05) is 78.4 Å². The van der Waals surface area contributed by atoms with Gasteiger partial charge in [-0.25, -0.2) is 0 Å². The van der Waals surface area contributed by atoms with Crippen molar-refractivity contribution in [2.24, 2.45) is 0 Å². The van der Waals surface area contributed by atoms with Crippen LogP contribution in [0.15, 0.2) is 84.6 Å². The molecule has 0 fully saturated rings. The molecule has 0 radical (unpaired) electrons. The SMILES string of the molecule is CC1=CCC(c2cnc(-c3ccccc3)c(C)c2)N(C)C1c1ccccc1. The zero-order chi connectivity index (χ0) is 18.8. The average molecular weight is 354 g/mol. The maximum absolute atomic E-state index is 4.83. The summed E-state index contributed by atoms with van der Waals surface area (Å²) >= 11 is 0. The van der Waals surface area contributed by atoms with Gasteiger partial charge in [0, 0.05) is 17.8 Å². The van der Waals surface area contributed by atoms with Crippen molar-refractivity contribution in [3.05, 3.63) is 101 Å². The first-order valence-corrected chi connectivity index (χ1v) is 9.60. The van der Waals surface area contributed by atoms with E-state index < -0.39 is 0 Å². The van der Waals surface area contributed by atoms with Crippen molar-refractivity contribution in [2.45, 2.75) is 32.4 Å². The van der Waals surface area contributed by atoms with Crippen molar-refractivity contribution >= 4 is 0 Å². The molecule has 1 aliphatic rings. The van der Waals surface area contributed by atoms with E-state index in [0.717, 1.165) is 12.1 Å².